The average molecular weight is 598 g/mol. The quantitative estimate of drug-likeness (QED) is 0.156. The molecule has 184 valence electrons. The summed E-state index contributed by atoms with van der Waals surface area (Å²) in [6.45, 7) is -0.590. The fourth-order valence-electron chi connectivity index (χ4n) is 2.44. The number of halogens is 9. The molecule has 0 aliphatic heterocycles. The molecule has 0 N–H and O–H groups in total. The molecule has 2 aromatic rings. The van der Waals surface area contributed by atoms with Crippen LogP contribution in [0.25, 0.3) is 0 Å². The van der Waals surface area contributed by atoms with Gasteiger partial charge in [0.15, 0.2) is 11.5 Å². The number of oxime groups is 1. The molecule has 2 rings (SSSR count). The van der Waals surface area contributed by atoms with Gasteiger partial charge in [0.1, 0.15) is 34.6 Å². The van der Waals surface area contributed by atoms with Crippen molar-refractivity contribution in [3.8, 4) is 11.5 Å². The fraction of sp³-hybridized carbons (Fsp3) is 0.190. The van der Waals surface area contributed by atoms with E-state index >= 15 is 0 Å². The van der Waals surface area contributed by atoms with Crippen LogP contribution < -0.4 is 9.47 Å². The second-order valence-corrected chi connectivity index (χ2v) is 9.02. The summed E-state index contributed by atoms with van der Waals surface area (Å²) in [5, 5.41) is 3.39. The van der Waals surface area contributed by atoms with Gasteiger partial charge in [0, 0.05) is 17.7 Å². The van der Waals surface area contributed by atoms with Gasteiger partial charge in [-0.25, -0.2) is 0 Å². The van der Waals surface area contributed by atoms with E-state index in [9.17, 15) is 13.2 Å². The van der Waals surface area contributed by atoms with E-state index in [-0.39, 0.29) is 55.7 Å². The lowest BCUT2D eigenvalue weighted by Crippen LogP contribution is -2.26. The molecule has 13 heteroatoms. The number of rotatable bonds is 10. The summed E-state index contributed by atoms with van der Waals surface area (Å²) in [4.78, 5) is 4.71. The van der Waals surface area contributed by atoms with E-state index in [0.717, 1.165) is 6.08 Å². The molecule has 0 spiro atoms. The van der Waals surface area contributed by atoms with Gasteiger partial charge < -0.3 is 14.3 Å². The number of benzene rings is 2. The second kappa shape index (κ2) is 13.6. The van der Waals surface area contributed by atoms with E-state index in [1.165, 1.54) is 36.4 Å². The Bertz CT molecular complexity index is 1060. The van der Waals surface area contributed by atoms with Crippen LogP contribution in [0.15, 0.2) is 62.7 Å². The third-order valence-corrected chi connectivity index (χ3v) is 5.02. The van der Waals surface area contributed by atoms with Gasteiger partial charge in [0.05, 0.1) is 10.0 Å². The van der Waals surface area contributed by atoms with Crippen LogP contribution in [0.4, 0.5) is 13.2 Å². The van der Waals surface area contributed by atoms with Crippen molar-refractivity contribution in [3.05, 3.63) is 78.7 Å². The maximum Gasteiger partial charge on any atom is 0.437 e. The summed E-state index contributed by atoms with van der Waals surface area (Å²) in [5.41, 5.74) is -1.37. The Morgan fingerprint density at radius 3 is 2.06 bits per heavy atom. The third kappa shape index (κ3) is 9.29. The molecule has 34 heavy (non-hydrogen) atoms. The summed E-state index contributed by atoms with van der Waals surface area (Å²) in [5.74, 6) is 0.364. The van der Waals surface area contributed by atoms with Gasteiger partial charge in [-0.3, -0.25) is 0 Å². The number of ether oxygens (including phenoxy) is 2. The fourth-order valence-corrected chi connectivity index (χ4v) is 3.27. The van der Waals surface area contributed by atoms with Crippen molar-refractivity contribution < 1.29 is 27.5 Å². The Morgan fingerprint density at radius 1 is 0.882 bits per heavy atom. The normalized spacial score (nSPS) is 11.6. The monoisotopic (exact) mass is 595 g/mol. The van der Waals surface area contributed by atoms with Crippen molar-refractivity contribution in [3.63, 3.8) is 0 Å². The molecule has 0 bridgehead atoms. The van der Waals surface area contributed by atoms with Crippen molar-refractivity contribution in [1.29, 1.82) is 0 Å². The van der Waals surface area contributed by atoms with Gasteiger partial charge in [-0.15, -0.1) is 0 Å². The average Bonchev–Trinajstić information content (AvgIpc) is 2.72. The van der Waals surface area contributed by atoms with Gasteiger partial charge >= 0.3 is 6.18 Å². The molecule has 0 saturated heterocycles. The topological polar surface area (TPSA) is 40.0 Å². The van der Waals surface area contributed by atoms with E-state index in [0.29, 0.717) is 5.75 Å². The third-order valence-electron chi connectivity index (χ3n) is 3.84. The molecule has 0 aliphatic rings. The van der Waals surface area contributed by atoms with Gasteiger partial charge in [0.2, 0.25) is 0 Å². The first-order chi connectivity index (χ1) is 16.0. The van der Waals surface area contributed by atoms with Crippen molar-refractivity contribution in [2.45, 2.75) is 12.8 Å². The molecule has 0 fully saturated rings. The standard InChI is InChI=1S/C21H14Cl6F3NO3/c22-15-9-13(32-7-5-17(24)25)10-16(23)19(15)33-11-12-3-1-2-4-14(12)20(21(28,29)30)31-34-8-6-18(26)27/h1-6,9-10H,7-8,11H2/b31-20-. The number of alkyl halides is 3. The largest absolute Gasteiger partial charge is 0.489 e. The SMILES string of the molecule is FC(F)(F)/C(=N\OCC=C(Cl)Cl)c1ccccc1COc1c(Cl)cc(OCC=C(Cl)Cl)cc1Cl. The Balaban J connectivity index is 2.25. The number of hydrogen-bond donors (Lipinski definition) is 0. The van der Waals surface area contributed by atoms with Crippen LogP contribution in [-0.2, 0) is 11.4 Å². The molecule has 0 atom stereocenters. The Morgan fingerprint density at radius 2 is 1.47 bits per heavy atom. The van der Waals surface area contributed by atoms with Crippen LogP contribution in [0, 0.1) is 0 Å². The first-order valence-electron chi connectivity index (χ1n) is 9.11. The predicted octanol–water partition coefficient (Wildman–Crippen LogP) is 8.87. The zero-order valence-electron chi connectivity index (χ0n) is 16.8. The maximum absolute atomic E-state index is 13.7. The van der Waals surface area contributed by atoms with E-state index in [2.05, 4.69) is 5.16 Å². The van der Waals surface area contributed by atoms with Crippen LogP contribution in [0.1, 0.15) is 11.1 Å². The molecule has 0 unspecified atom stereocenters. The van der Waals surface area contributed by atoms with Crippen molar-refractivity contribution in [2.24, 2.45) is 5.16 Å². The summed E-state index contributed by atoms with van der Waals surface area (Å²) in [6.07, 6.45) is -2.26. The van der Waals surface area contributed by atoms with E-state index in [1.54, 1.807) is 6.07 Å². The smallest absolute Gasteiger partial charge is 0.437 e. The molecule has 0 saturated carbocycles. The van der Waals surface area contributed by atoms with Crippen molar-refractivity contribution >= 4 is 75.3 Å². The highest BCUT2D eigenvalue weighted by Crippen LogP contribution is 2.38. The van der Waals surface area contributed by atoms with Gasteiger partial charge in [-0.05, 0) is 17.7 Å². The minimum absolute atomic E-state index is 0.0299. The van der Waals surface area contributed by atoms with Crippen LogP contribution in [0.2, 0.25) is 10.0 Å². The molecule has 0 amide bonds. The Hall–Kier alpha value is -1.48. The molecular formula is C21H14Cl6F3NO3. The zero-order chi connectivity index (χ0) is 25.3. The molecule has 0 heterocycles. The van der Waals surface area contributed by atoms with Crippen LogP contribution in [0.5, 0.6) is 11.5 Å². The molecule has 0 radical (unpaired) electrons. The van der Waals surface area contributed by atoms with Crippen LogP contribution >= 0.6 is 69.6 Å². The Labute approximate surface area is 223 Å². The highest BCUT2D eigenvalue weighted by molar-refractivity contribution is 6.56. The zero-order valence-corrected chi connectivity index (χ0v) is 21.3. The molecule has 2 aromatic carbocycles. The Kier molecular flexibility index (Phi) is 11.5. The lowest BCUT2D eigenvalue weighted by molar-refractivity contribution is -0.0612. The number of hydrogen-bond acceptors (Lipinski definition) is 4. The highest BCUT2D eigenvalue weighted by Gasteiger charge is 2.39. The van der Waals surface area contributed by atoms with Gasteiger partial charge in [-0.2, -0.15) is 13.2 Å². The number of nitrogens with zero attached hydrogens (tertiary/aromatic N) is 1. The molecule has 0 aliphatic carbocycles. The summed E-state index contributed by atoms with van der Waals surface area (Å²) < 4.78 is 51.9. The summed E-state index contributed by atoms with van der Waals surface area (Å²) in [7, 11) is 0. The second-order valence-electron chi connectivity index (χ2n) is 6.19. The van der Waals surface area contributed by atoms with Crippen LogP contribution in [0.3, 0.4) is 0 Å². The van der Waals surface area contributed by atoms with E-state index in [1.807, 2.05) is 0 Å². The predicted molar refractivity (Wildman–Crippen MR) is 131 cm³/mol. The first kappa shape index (κ1) is 28.8. The summed E-state index contributed by atoms with van der Waals surface area (Å²) >= 11 is 34.3. The van der Waals surface area contributed by atoms with Crippen molar-refractivity contribution in [1.82, 2.24) is 0 Å². The van der Waals surface area contributed by atoms with Crippen molar-refractivity contribution in [2.75, 3.05) is 13.2 Å². The van der Waals surface area contributed by atoms with E-state index in [4.69, 9.17) is 83.9 Å². The highest BCUT2D eigenvalue weighted by atomic mass is 35.5. The first-order valence-corrected chi connectivity index (χ1v) is 11.4. The lowest BCUT2D eigenvalue weighted by Gasteiger charge is -2.16. The lowest BCUT2D eigenvalue weighted by atomic mass is 10.0. The van der Waals surface area contributed by atoms with Crippen LogP contribution in [-0.4, -0.2) is 25.1 Å². The molecular weight excluding hydrogens is 584 g/mol. The molecule has 4 nitrogen and oxygen atoms in total. The maximum atomic E-state index is 13.7. The van der Waals surface area contributed by atoms with Gasteiger partial charge in [-0.1, -0.05) is 99.0 Å². The summed E-state index contributed by atoms with van der Waals surface area (Å²) in [6, 6.07) is 8.49. The minimum Gasteiger partial charge on any atom is -0.489 e. The van der Waals surface area contributed by atoms with E-state index < -0.39 is 11.9 Å². The van der Waals surface area contributed by atoms with Gasteiger partial charge in [0.25, 0.3) is 0 Å². The minimum atomic E-state index is -4.82. The molecule has 0 aromatic heterocycles.